The van der Waals surface area contributed by atoms with Crippen molar-refractivity contribution < 1.29 is 48.3 Å². The summed E-state index contributed by atoms with van der Waals surface area (Å²) >= 11 is 0. The average molecular weight is 454 g/mol. The van der Waals surface area contributed by atoms with Crippen molar-refractivity contribution in [3.8, 4) is 5.75 Å². The van der Waals surface area contributed by atoms with Gasteiger partial charge in [-0.2, -0.15) is 30.0 Å². The highest BCUT2D eigenvalue weighted by atomic mass is 32.2. The molecule has 2 aromatic rings. The van der Waals surface area contributed by atoms with Crippen molar-refractivity contribution in [2.45, 2.75) is 17.2 Å². The molecule has 0 radical (unpaired) electrons. The summed E-state index contributed by atoms with van der Waals surface area (Å²) < 4.78 is 102. The summed E-state index contributed by atoms with van der Waals surface area (Å²) in [7, 11) is -9.24. The summed E-state index contributed by atoms with van der Waals surface area (Å²) in [6.45, 7) is 0. The molecule has 0 aliphatic heterocycles. The minimum absolute atomic E-state index is 0.137. The summed E-state index contributed by atoms with van der Waals surface area (Å²) in [6, 6.07) is 11.0. The van der Waals surface area contributed by atoms with Crippen molar-refractivity contribution in [2.24, 2.45) is 0 Å². The molecular weight excluding hydrogens is 441 g/mol. The van der Waals surface area contributed by atoms with Crippen molar-refractivity contribution >= 4 is 26.2 Å². The lowest BCUT2D eigenvalue weighted by Gasteiger charge is -2.19. The van der Waals surface area contributed by atoms with Crippen molar-refractivity contribution in [3.63, 3.8) is 0 Å². The molecule has 0 aromatic heterocycles. The van der Waals surface area contributed by atoms with Gasteiger partial charge < -0.3 is 8.92 Å². The molecule has 0 aliphatic carbocycles. The number of esters is 1. The summed E-state index contributed by atoms with van der Waals surface area (Å²) in [5.74, 6) is -3.62. The first-order valence-corrected chi connectivity index (χ1v) is 10.6. The van der Waals surface area contributed by atoms with Gasteiger partial charge in [0.05, 0.1) is 5.56 Å². The quantitative estimate of drug-likeness (QED) is 0.384. The van der Waals surface area contributed by atoms with Gasteiger partial charge in [0.15, 0.2) is 0 Å². The molecule has 8 nitrogen and oxygen atoms in total. The van der Waals surface area contributed by atoms with E-state index in [1.165, 1.54) is 24.3 Å². The van der Waals surface area contributed by atoms with Gasteiger partial charge in [-0.15, -0.1) is 0 Å². The van der Waals surface area contributed by atoms with Gasteiger partial charge in [0.25, 0.3) is 10.1 Å². The van der Waals surface area contributed by atoms with Gasteiger partial charge in [-0.05, 0) is 36.4 Å². The molecule has 0 fully saturated rings. The van der Waals surface area contributed by atoms with Gasteiger partial charge >= 0.3 is 22.3 Å². The van der Waals surface area contributed by atoms with Crippen molar-refractivity contribution in [3.05, 3.63) is 60.2 Å². The van der Waals surface area contributed by atoms with E-state index in [9.17, 15) is 34.8 Å². The van der Waals surface area contributed by atoms with E-state index in [1.807, 2.05) is 0 Å². The molecule has 13 heteroatoms. The van der Waals surface area contributed by atoms with E-state index in [-0.39, 0.29) is 10.6 Å². The zero-order chi connectivity index (χ0) is 21.9. The molecule has 0 heterocycles. The van der Waals surface area contributed by atoms with Crippen LogP contribution in [0.5, 0.6) is 5.75 Å². The molecule has 1 N–H and O–H groups in total. The number of hydrogen-bond donors (Lipinski definition) is 1. The molecule has 0 saturated carbocycles. The van der Waals surface area contributed by atoms with Crippen LogP contribution in [0, 0.1) is 0 Å². The van der Waals surface area contributed by atoms with E-state index >= 15 is 0 Å². The van der Waals surface area contributed by atoms with Gasteiger partial charge in [-0.1, -0.05) is 18.2 Å². The summed E-state index contributed by atoms with van der Waals surface area (Å²) in [6.07, 6.45) is -8.32. The first-order chi connectivity index (χ1) is 13.3. The van der Waals surface area contributed by atoms with Crippen LogP contribution in [0.25, 0.3) is 0 Å². The Bertz CT molecular complexity index is 1060. The summed E-state index contributed by atoms with van der Waals surface area (Å²) in [5.41, 5.74) is -0.431. The normalized spacial score (nSPS) is 13.5. The summed E-state index contributed by atoms with van der Waals surface area (Å²) in [5, 5.41) is 0. The van der Waals surface area contributed by atoms with Gasteiger partial charge in [0, 0.05) is 0 Å². The van der Waals surface area contributed by atoms with Crippen LogP contribution in [0.15, 0.2) is 59.5 Å². The predicted molar refractivity (Wildman–Crippen MR) is 92.4 cm³/mol. The number of ether oxygens (including phenoxy) is 1. The van der Waals surface area contributed by atoms with E-state index in [0.717, 1.165) is 24.3 Å². The molecule has 2 rings (SSSR count). The molecule has 1 atom stereocenters. The monoisotopic (exact) mass is 454 g/mol. The van der Waals surface area contributed by atoms with Gasteiger partial charge in [-0.25, -0.2) is 4.79 Å². The smallest absolute Gasteiger partial charge is 0.426 e. The van der Waals surface area contributed by atoms with E-state index < -0.39 is 49.8 Å². The predicted octanol–water partition coefficient (Wildman–Crippen LogP) is 2.43. The van der Waals surface area contributed by atoms with Gasteiger partial charge in [0.2, 0.25) is 6.10 Å². The Labute approximate surface area is 163 Å². The Hall–Kier alpha value is -2.64. The second-order valence-electron chi connectivity index (χ2n) is 5.56. The van der Waals surface area contributed by atoms with E-state index in [1.54, 1.807) is 6.07 Å². The van der Waals surface area contributed by atoms with E-state index in [4.69, 9.17) is 8.74 Å². The third-order valence-corrected chi connectivity index (χ3v) is 5.29. The van der Waals surface area contributed by atoms with Gasteiger partial charge in [-0.3, -0.25) is 4.55 Å². The second kappa shape index (κ2) is 8.39. The number of carbonyl (C=O) groups excluding carboxylic acids is 1. The van der Waals surface area contributed by atoms with Crippen LogP contribution >= 0.6 is 0 Å². The molecule has 158 valence electrons. The van der Waals surface area contributed by atoms with Crippen molar-refractivity contribution in [1.29, 1.82) is 0 Å². The van der Waals surface area contributed by atoms with Crippen LogP contribution in [0.2, 0.25) is 0 Å². The third-order valence-electron chi connectivity index (χ3n) is 3.30. The Morgan fingerprint density at radius 3 is 2.00 bits per heavy atom. The average Bonchev–Trinajstić information content (AvgIpc) is 2.60. The Kier molecular flexibility index (Phi) is 6.55. The fraction of sp³-hybridized carbons (Fsp3) is 0.188. The Balaban J connectivity index is 2.14. The number of rotatable bonds is 7. The van der Waals surface area contributed by atoms with E-state index in [2.05, 4.69) is 4.74 Å². The molecule has 0 amide bonds. The highest BCUT2D eigenvalue weighted by Crippen LogP contribution is 2.26. The second-order valence-corrected chi connectivity index (χ2v) is 8.60. The maximum Gasteiger partial charge on any atom is 0.426 e. The lowest BCUT2D eigenvalue weighted by Crippen LogP contribution is -2.39. The standard InChI is InChI=1S/C16H13F3O8S2/c17-16(18,19)14(10-28(21,22)23)26-15(20)11-6-8-12(9-7-11)27-29(24,25)13-4-2-1-3-5-13/h1-9,14H,10H2,(H,21,22,23). The SMILES string of the molecule is O=C(OC(CS(=O)(=O)O)C(F)(F)F)c1ccc(OS(=O)(=O)c2ccccc2)cc1. The maximum absolute atomic E-state index is 12.8. The van der Waals surface area contributed by atoms with Crippen LogP contribution in [-0.2, 0) is 25.0 Å². The number of alkyl halides is 3. The van der Waals surface area contributed by atoms with Gasteiger partial charge in [0.1, 0.15) is 16.4 Å². The third kappa shape index (κ3) is 6.73. The highest BCUT2D eigenvalue weighted by Gasteiger charge is 2.45. The van der Waals surface area contributed by atoms with Crippen LogP contribution in [0.3, 0.4) is 0 Å². The van der Waals surface area contributed by atoms with Crippen molar-refractivity contribution in [2.75, 3.05) is 5.75 Å². The number of carbonyl (C=O) groups is 1. The molecule has 2 aromatic carbocycles. The topological polar surface area (TPSA) is 124 Å². The lowest BCUT2D eigenvalue weighted by atomic mass is 10.2. The Morgan fingerprint density at radius 1 is 0.966 bits per heavy atom. The van der Waals surface area contributed by atoms with Crippen LogP contribution in [0.1, 0.15) is 10.4 Å². The minimum atomic E-state index is -5.24. The first-order valence-electron chi connectivity index (χ1n) is 7.60. The number of hydrogen-bond acceptors (Lipinski definition) is 7. The number of halogens is 3. The number of benzene rings is 2. The van der Waals surface area contributed by atoms with Crippen LogP contribution in [0.4, 0.5) is 13.2 Å². The molecular formula is C16H13F3O8S2. The van der Waals surface area contributed by atoms with Crippen LogP contribution < -0.4 is 4.18 Å². The maximum atomic E-state index is 12.8. The molecule has 0 bridgehead atoms. The van der Waals surface area contributed by atoms with Crippen LogP contribution in [-0.4, -0.2) is 45.4 Å². The highest BCUT2D eigenvalue weighted by molar-refractivity contribution is 7.87. The fourth-order valence-electron chi connectivity index (χ4n) is 1.99. The largest absolute Gasteiger partial charge is 0.448 e. The van der Waals surface area contributed by atoms with Crippen molar-refractivity contribution in [1.82, 2.24) is 0 Å². The minimum Gasteiger partial charge on any atom is -0.448 e. The zero-order valence-electron chi connectivity index (χ0n) is 14.2. The van der Waals surface area contributed by atoms with E-state index in [0.29, 0.717) is 0 Å². The zero-order valence-corrected chi connectivity index (χ0v) is 15.9. The molecule has 0 spiro atoms. The molecule has 0 saturated heterocycles. The lowest BCUT2D eigenvalue weighted by molar-refractivity contribution is -0.197. The Morgan fingerprint density at radius 2 is 1.52 bits per heavy atom. The fourth-order valence-corrected chi connectivity index (χ4v) is 3.58. The summed E-state index contributed by atoms with van der Waals surface area (Å²) in [4.78, 5) is 11.7. The molecule has 29 heavy (non-hydrogen) atoms. The molecule has 1 unspecified atom stereocenters. The molecule has 0 aliphatic rings. The first kappa shape index (κ1) is 22.6.